The maximum atomic E-state index is 6.52. The smallest absolute Gasteiger partial charge is 0.143 e. The van der Waals surface area contributed by atoms with Crippen molar-refractivity contribution in [2.75, 3.05) is 4.90 Å². The first-order valence-electron chi connectivity index (χ1n) is 19.2. The molecule has 0 aliphatic carbocycles. The van der Waals surface area contributed by atoms with Crippen LogP contribution in [0.25, 0.3) is 87.6 Å². The molecule has 262 valence electrons. The van der Waals surface area contributed by atoms with Crippen LogP contribution in [-0.4, -0.2) is 0 Å². The maximum Gasteiger partial charge on any atom is 0.143 e. The monoisotopic (exact) mass is 713 g/mol. The summed E-state index contributed by atoms with van der Waals surface area (Å²) in [5.41, 5.74) is 12.2. The van der Waals surface area contributed by atoms with E-state index in [1.54, 1.807) is 0 Å². The summed E-state index contributed by atoms with van der Waals surface area (Å²) in [6.07, 6.45) is 0. The van der Waals surface area contributed by atoms with Crippen LogP contribution in [0.3, 0.4) is 0 Å². The summed E-state index contributed by atoms with van der Waals surface area (Å²) < 4.78 is 6.52. The summed E-state index contributed by atoms with van der Waals surface area (Å²) in [6.45, 7) is 0. The Morgan fingerprint density at radius 1 is 0.304 bits per heavy atom. The largest absolute Gasteiger partial charge is 0.455 e. The molecule has 0 aliphatic rings. The van der Waals surface area contributed by atoms with Crippen molar-refractivity contribution in [3.8, 4) is 33.4 Å². The fourth-order valence-electron chi connectivity index (χ4n) is 8.48. The molecule has 0 bridgehead atoms. The van der Waals surface area contributed by atoms with Gasteiger partial charge in [0.15, 0.2) is 0 Å². The van der Waals surface area contributed by atoms with E-state index in [-0.39, 0.29) is 0 Å². The van der Waals surface area contributed by atoms with Gasteiger partial charge in [0, 0.05) is 33.2 Å². The molecule has 1 aromatic heterocycles. The molecule has 0 fully saturated rings. The lowest BCUT2D eigenvalue weighted by Crippen LogP contribution is -2.10. The van der Waals surface area contributed by atoms with Gasteiger partial charge in [0.2, 0.25) is 0 Å². The molecule has 0 N–H and O–H groups in total. The van der Waals surface area contributed by atoms with Crippen molar-refractivity contribution in [3.05, 3.63) is 212 Å². The highest BCUT2D eigenvalue weighted by atomic mass is 16.3. The average Bonchev–Trinajstić information content (AvgIpc) is 3.67. The molecule has 0 saturated heterocycles. The van der Waals surface area contributed by atoms with Crippen molar-refractivity contribution >= 4 is 71.3 Å². The second-order valence-electron chi connectivity index (χ2n) is 14.5. The summed E-state index contributed by atoms with van der Waals surface area (Å²) >= 11 is 0. The number of nitrogens with zero attached hydrogens (tertiary/aromatic N) is 1. The van der Waals surface area contributed by atoms with Crippen molar-refractivity contribution in [2.24, 2.45) is 0 Å². The molecule has 56 heavy (non-hydrogen) atoms. The van der Waals surface area contributed by atoms with E-state index in [1.165, 1.54) is 49.2 Å². The third kappa shape index (κ3) is 5.42. The van der Waals surface area contributed by atoms with Crippen molar-refractivity contribution in [1.29, 1.82) is 0 Å². The van der Waals surface area contributed by atoms with E-state index in [2.05, 4.69) is 217 Å². The van der Waals surface area contributed by atoms with E-state index < -0.39 is 0 Å². The van der Waals surface area contributed by atoms with Crippen LogP contribution in [0.15, 0.2) is 217 Å². The highest BCUT2D eigenvalue weighted by molar-refractivity contribution is 6.19. The molecule has 11 rings (SSSR count). The molecular weight excluding hydrogens is 679 g/mol. The molecule has 0 aliphatic heterocycles. The molecule has 0 unspecified atom stereocenters. The van der Waals surface area contributed by atoms with Crippen molar-refractivity contribution < 1.29 is 4.42 Å². The van der Waals surface area contributed by atoms with Crippen LogP contribution < -0.4 is 4.90 Å². The molecule has 10 aromatic carbocycles. The fraction of sp³-hybridized carbons (Fsp3) is 0. The minimum atomic E-state index is 0.900. The van der Waals surface area contributed by atoms with Gasteiger partial charge in [0.25, 0.3) is 0 Å². The normalized spacial score (nSPS) is 11.6. The van der Waals surface area contributed by atoms with Crippen molar-refractivity contribution in [3.63, 3.8) is 0 Å². The second kappa shape index (κ2) is 13.2. The molecule has 2 heteroatoms. The molecule has 2 nitrogen and oxygen atoms in total. The summed E-state index contributed by atoms with van der Waals surface area (Å²) in [5, 5.41) is 9.68. The SMILES string of the molecule is c1ccc(-c2cccc(N(c3ccc(-c4ccc5c(ccc6ccccc65)c4)cc3)c3ccc(-c4cccc5oc6c7ccccc7ccc6c45)cc3)c2)cc1. The topological polar surface area (TPSA) is 16.4 Å². The molecule has 11 aromatic rings. The summed E-state index contributed by atoms with van der Waals surface area (Å²) in [5.74, 6) is 0. The number of benzene rings is 10. The van der Waals surface area contributed by atoms with Crippen LogP contribution in [0.1, 0.15) is 0 Å². The zero-order valence-corrected chi connectivity index (χ0v) is 30.6. The van der Waals surface area contributed by atoms with Gasteiger partial charge in [-0.3, -0.25) is 0 Å². The molecular formula is C54H35NO. The molecule has 0 radical (unpaired) electrons. The predicted octanol–water partition coefficient (Wildman–Crippen LogP) is 15.5. The van der Waals surface area contributed by atoms with Gasteiger partial charge in [0.05, 0.1) is 0 Å². The van der Waals surface area contributed by atoms with E-state index in [0.29, 0.717) is 0 Å². The first-order valence-corrected chi connectivity index (χ1v) is 19.2. The standard InChI is InChI=1S/C54H35NO/c1-2-10-36(11-3-1)41-14-8-15-46(35-41)55(44-28-22-37(23-29-44)42-27-32-48-43(34-42)21-20-38-12-4-6-16-47(38)48)45-30-24-40(25-31-45)49-18-9-19-52-53(49)51-33-26-39-13-5-7-17-50(39)54(51)56-52/h1-35H. The molecule has 0 atom stereocenters. The number of hydrogen-bond acceptors (Lipinski definition) is 2. The van der Waals surface area contributed by atoms with E-state index >= 15 is 0 Å². The molecule has 0 saturated carbocycles. The van der Waals surface area contributed by atoms with Gasteiger partial charge in [-0.15, -0.1) is 0 Å². The molecule has 1 heterocycles. The predicted molar refractivity (Wildman–Crippen MR) is 237 cm³/mol. The highest BCUT2D eigenvalue weighted by Crippen LogP contribution is 2.42. The number of furan rings is 1. The van der Waals surface area contributed by atoms with Gasteiger partial charge in [0.1, 0.15) is 11.2 Å². The van der Waals surface area contributed by atoms with E-state index in [9.17, 15) is 0 Å². The Hall–Kier alpha value is -7.42. The lowest BCUT2D eigenvalue weighted by atomic mass is 9.97. The van der Waals surface area contributed by atoms with Crippen LogP contribution in [0, 0.1) is 0 Å². The Bertz CT molecular complexity index is 3230. The Labute approximate surface area is 325 Å². The molecule has 0 spiro atoms. The number of rotatable bonds is 6. The number of hydrogen-bond donors (Lipinski definition) is 0. The average molecular weight is 714 g/mol. The lowest BCUT2D eigenvalue weighted by molar-refractivity contribution is 0.673. The van der Waals surface area contributed by atoms with Crippen LogP contribution in [-0.2, 0) is 0 Å². The zero-order valence-electron chi connectivity index (χ0n) is 30.6. The van der Waals surface area contributed by atoms with Crippen LogP contribution in [0.2, 0.25) is 0 Å². The minimum Gasteiger partial charge on any atom is -0.455 e. The van der Waals surface area contributed by atoms with Gasteiger partial charge in [-0.05, 0) is 115 Å². The Kier molecular flexibility index (Phi) is 7.53. The van der Waals surface area contributed by atoms with Crippen molar-refractivity contribution in [2.45, 2.75) is 0 Å². The Balaban J connectivity index is 1.000. The van der Waals surface area contributed by atoms with Gasteiger partial charge >= 0.3 is 0 Å². The summed E-state index contributed by atoms with van der Waals surface area (Å²) in [7, 11) is 0. The Morgan fingerprint density at radius 2 is 0.857 bits per heavy atom. The first-order chi connectivity index (χ1) is 27.7. The van der Waals surface area contributed by atoms with E-state index in [1.807, 2.05) is 0 Å². The van der Waals surface area contributed by atoms with Crippen LogP contribution in [0.4, 0.5) is 17.1 Å². The lowest BCUT2D eigenvalue weighted by Gasteiger charge is -2.26. The third-order valence-electron chi connectivity index (χ3n) is 11.2. The van der Waals surface area contributed by atoms with Gasteiger partial charge in [-0.2, -0.15) is 0 Å². The van der Waals surface area contributed by atoms with E-state index in [4.69, 9.17) is 4.42 Å². The quantitative estimate of drug-likeness (QED) is 0.160. The Morgan fingerprint density at radius 3 is 1.66 bits per heavy atom. The van der Waals surface area contributed by atoms with Gasteiger partial charge < -0.3 is 9.32 Å². The summed E-state index contributed by atoms with van der Waals surface area (Å²) in [4.78, 5) is 2.35. The van der Waals surface area contributed by atoms with Gasteiger partial charge in [-0.1, -0.05) is 158 Å². The zero-order chi connectivity index (χ0) is 37.0. The molecule has 0 amide bonds. The minimum absolute atomic E-state index is 0.900. The van der Waals surface area contributed by atoms with Crippen LogP contribution in [0.5, 0.6) is 0 Å². The summed E-state index contributed by atoms with van der Waals surface area (Å²) in [6, 6.07) is 76.4. The second-order valence-corrected chi connectivity index (χ2v) is 14.5. The van der Waals surface area contributed by atoms with Gasteiger partial charge in [-0.25, -0.2) is 0 Å². The first kappa shape index (κ1) is 32.0. The van der Waals surface area contributed by atoms with E-state index in [0.717, 1.165) is 55.5 Å². The maximum absolute atomic E-state index is 6.52. The fourth-order valence-corrected chi connectivity index (χ4v) is 8.48. The number of fused-ring (bicyclic) bond motifs is 8. The highest BCUT2D eigenvalue weighted by Gasteiger charge is 2.17. The number of anilines is 3. The van der Waals surface area contributed by atoms with Crippen LogP contribution >= 0.6 is 0 Å². The third-order valence-corrected chi connectivity index (χ3v) is 11.2. The van der Waals surface area contributed by atoms with Crippen molar-refractivity contribution in [1.82, 2.24) is 0 Å².